The van der Waals surface area contributed by atoms with Crippen LogP contribution >= 0.6 is 11.8 Å². The molecule has 1 atom stereocenters. The number of aromatic nitrogens is 4. The summed E-state index contributed by atoms with van der Waals surface area (Å²) in [5.74, 6) is 0.860. The fraction of sp³-hybridized carbons (Fsp3) is 0.900. The molecule has 7 heteroatoms. The van der Waals surface area contributed by atoms with Crippen molar-refractivity contribution in [3.8, 4) is 0 Å². The van der Waals surface area contributed by atoms with Crippen molar-refractivity contribution in [2.75, 3.05) is 26.0 Å². The largest absolute Gasteiger partial charge is 0.381 e. The van der Waals surface area contributed by atoms with E-state index in [4.69, 9.17) is 4.74 Å². The second-order valence-corrected chi connectivity index (χ2v) is 4.78. The molecule has 1 unspecified atom stereocenters. The molecule has 1 heterocycles. The van der Waals surface area contributed by atoms with Gasteiger partial charge in [-0.3, -0.25) is 0 Å². The van der Waals surface area contributed by atoms with Gasteiger partial charge in [0.25, 0.3) is 0 Å². The monoisotopic (exact) mass is 259 g/mol. The van der Waals surface area contributed by atoms with Crippen LogP contribution in [0, 0.1) is 0 Å². The number of methoxy groups -OCH3 is 1. The highest BCUT2D eigenvalue weighted by molar-refractivity contribution is 7.99. The summed E-state index contributed by atoms with van der Waals surface area (Å²) in [6.07, 6.45) is 1.35. The maximum atomic E-state index is 5.19. The van der Waals surface area contributed by atoms with Crippen molar-refractivity contribution in [2.24, 2.45) is 0 Å². The summed E-state index contributed by atoms with van der Waals surface area (Å²) in [4.78, 5) is 0. The average molecular weight is 259 g/mol. The molecule has 1 aromatic heterocycles. The lowest BCUT2D eigenvalue weighted by Crippen LogP contribution is -2.21. The van der Waals surface area contributed by atoms with E-state index in [0.29, 0.717) is 0 Å². The first-order chi connectivity index (χ1) is 8.27. The zero-order valence-electron chi connectivity index (χ0n) is 10.7. The Morgan fingerprint density at radius 2 is 2.29 bits per heavy atom. The molecule has 0 spiro atoms. The predicted molar refractivity (Wildman–Crippen MR) is 68.2 cm³/mol. The van der Waals surface area contributed by atoms with Crippen molar-refractivity contribution in [1.29, 1.82) is 0 Å². The van der Waals surface area contributed by atoms with Crippen LogP contribution in [-0.2, 0) is 11.3 Å². The molecule has 0 fully saturated rings. The van der Waals surface area contributed by atoms with Gasteiger partial charge in [-0.15, -0.1) is 5.10 Å². The lowest BCUT2D eigenvalue weighted by Gasteiger charge is -2.08. The van der Waals surface area contributed by atoms with E-state index in [2.05, 4.69) is 27.8 Å². The van der Waals surface area contributed by atoms with Gasteiger partial charge in [0.1, 0.15) is 0 Å². The molecule has 17 heavy (non-hydrogen) atoms. The molecule has 0 saturated carbocycles. The number of nitrogens with one attached hydrogen (secondary N) is 1. The number of thioether (sulfide) groups is 1. The van der Waals surface area contributed by atoms with E-state index in [1.54, 1.807) is 18.9 Å². The Bertz CT molecular complexity index is 307. The van der Waals surface area contributed by atoms with E-state index in [0.717, 1.165) is 37.0 Å². The summed E-state index contributed by atoms with van der Waals surface area (Å²) >= 11 is 1.62. The maximum Gasteiger partial charge on any atom is 0.209 e. The quantitative estimate of drug-likeness (QED) is 0.523. The summed E-state index contributed by atoms with van der Waals surface area (Å²) in [6.45, 7) is 6.91. The highest BCUT2D eigenvalue weighted by atomic mass is 32.2. The number of ether oxygens (including phenoxy) is 1. The van der Waals surface area contributed by atoms with Crippen molar-refractivity contribution in [1.82, 2.24) is 25.5 Å². The van der Waals surface area contributed by atoms with Crippen LogP contribution in [0.25, 0.3) is 0 Å². The first-order valence-electron chi connectivity index (χ1n) is 5.90. The van der Waals surface area contributed by atoms with Gasteiger partial charge in [-0.25, -0.2) is 4.68 Å². The molecule has 1 aromatic rings. The summed E-state index contributed by atoms with van der Waals surface area (Å²) < 4.78 is 7.02. The SMILES string of the molecule is CCCNCCn1nnnc1SCC(C)OC. The van der Waals surface area contributed by atoms with E-state index in [1.807, 2.05) is 11.6 Å². The molecule has 1 rings (SSSR count). The Labute approximate surface area is 106 Å². The molecular weight excluding hydrogens is 238 g/mol. The van der Waals surface area contributed by atoms with Gasteiger partial charge >= 0.3 is 0 Å². The maximum absolute atomic E-state index is 5.19. The second-order valence-electron chi connectivity index (χ2n) is 3.79. The van der Waals surface area contributed by atoms with Gasteiger partial charge in [-0.1, -0.05) is 18.7 Å². The Hall–Kier alpha value is -0.660. The van der Waals surface area contributed by atoms with E-state index < -0.39 is 0 Å². The highest BCUT2D eigenvalue weighted by Gasteiger charge is 2.08. The number of nitrogens with zero attached hydrogens (tertiary/aromatic N) is 4. The minimum absolute atomic E-state index is 0.211. The minimum atomic E-state index is 0.211. The molecular formula is C10H21N5OS. The molecule has 0 saturated heterocycles. The summed E-state index contributed by atoms with van der Waals surface area (Å²) in [5, 5.41) is 15.9. The van der Waals surface area contributed by atoms with Crippen LogP contribution in [0.5, 0.6) is 0 Å². The fourth-order valence-electron chi connectivity index (χ4n) is 1.19. The van der Waals surface area contributed by atoms with Crippen molar-refractivity contribution in [3.63, 3.8) is 0 Å². The molecule has 1 N–H and O–H groups in total. The third kappa shape index (κ3) is 5.47. The fourth-order valence-corrected chi connectivity index (χ4v) is 2.08. The van der Waals surface area contributed by atoms with E-state index >= 15 is 0 Å². The highest BCUT2D eigenvalue weighted by Crippen LogP contribution is 2.15. The van der Waals surface area contributed by atoms with Crippen LogP contribution in [0.1, 0.15) is 20.3 Å². The van der Waals surface area contributed by atoms with E-state index in [1.165, 1.54) is 0 Å². The van der Waals surface area contributed by atoms with Gasteiger partial charge in [0.05, 0.1) is 12.6 Å². The van der Waals surface area contributed by atoms with Crippen LogP contribution in [-0.4, -0.2) is 52.3 Å². The van der Waals surface area contributed by atoms with Crippen LogP contribution in [0.4, 0.5) is 0 Å². The minimum Gasteiger partial charge on any atom is -0.381 e. The molecule has 0 aliphatic heterocycles. The van der Waals surface area contributed by atoms with E-state index in [-0.39, 0.29) is 6.10 Å². The topological polar surface area (TPSA) is 64.9 Å². The molecule has 0 aromatic carbocycles. The lowest BCUT2D eigenvalue weighted by molar-refractivity contribution is 0.137. The zero-order valence-corrected chi connectivity index (χ0v) is 11.5. The second kappa shape index (κ2) is 8.43. The van der Waals surface area contributed by atoms with Crippen LogP contribution in [0.2, 0.25) is 0 Å². The molecule has 0 bridgehead atoms. The number of hydrogen-bond acceptors (Lipinski definition) is 6. The Morgan fingerprint density at radius 3 is 3.00 bits per heavy atom. The van der Waals surface area contributed by atoms with Crippen LogP contribution < -0.4 is 5.32 Å². The van der Waals surface area contributed by atoms with Gasteiger partial charge < -0.3 is 10.1 Å². The van der Waals surface area contributed by atoms with Gasteiger partial charge in [0.15, 0.2) is 0 Å². The third-order valence-corrected chi connectivity index (χ3v) is 3.46. The molecule has 98 valence electrons. The zero-order chi connectivity index (χ0) is 12.5. The van der Waals surface area contributed by atoms with Gasteiger partial charge in [0, 0.05) is 19.4 Å². The predicted octanol–water partition coefficient (Wildman–Crippen LogP) is 0.800. The smallest absolute Gasteiger partial charge is 0.209 e. The van der Waals surface area contributed by atoms with Crippen LogP contribution in [0.3, 0.4) is 0 Å². The average Bonchev–Trinajstić information content (AvgIpc) is 2.79. The normalized spacial score (nSPS) is 12.9. The first kappa shape index (κ1) is 14.4. The number of tetrazole rings is 1. The lowest BCUT2D eigenvalue weighted by atomic mass is 10.5. The van der Waals surface area contributed by atoms with Crippen molar-refractivity contribution in [3.05, 3.63) is 0 Å². The summed E-state index contributed by atoms with van der Waals surface area (Å²) in [6, 6.07) is 0. The molecule has 0 radical (unpaired) electrons. The van der Waals surface area contributed by atoms with Crippen molar-refractivity contribution in [2.45, 2.75) is 38.1 Å². The van der Waals surface area contributed by atoms with Crippen molar-refractivity contribution >= 4 is 11.8 Å². The number of hydrogen-bond donors (Lipinski definition) is 1. The van der Waals surface area contributed by atoms with E-state index in [9.17, 15) is 0 Å². The Kier molecular flexibility index (Phi) is 7.14. The third-order valence-electron chi connectivity index (χ3n) is 2.28. The van der Waals surface area contributed by atoms with Gasteiger partial charge in [-0.05, 0) is 30.3 Å². The Morgan fingerprint density at radius 1 is 1.47 bits per heavy atom. The molecule has 6 nitrogen and oxygen atoms in total. The van der Waals surface area contributed by atoms with Gasteiger partial charge in [0.2, 0.25) is 5.16 Å². The van der Waals surface area contributed by atoms with Gasteiger partial charge in [-0.2, -0.15) is 0 Å². The first-order valence-corrected chi connectivity index (χ1v) is 6.89. The summed E-state index contributed by atoms with van der Waals surface area (Å²) in [7, 11) is 1.71. The molecule has 0 amide bonds. The standard InChI is InChI=1S/C10H21N5OS/c1-4-5-11-6-7-15-10(12-13-14-15)17-8-9(2)16-3/h9,11H,4-8H2,1-3H3. The molecule has 0 aliphatic carbocycles. The van der Waals surface area contributed by atoms with Crippen molar-refractivity contribution < 1.29 is 4.74 Å². The van der Waals surface area contributed by atoms with Crippen LogP contribution in [0.15, 0.2) is 5.16 Å². The Balaban J connectivity index is 2.32. The number of rotatable bonds is 9. The molecule has 0 aliphatic rings. The summed E-state index contributed by atoms with van der Waals surface area (Å²) in [5.41, 5.74) is 0.